The van der Waals surface area contributed by atoms with Gasteiger partial charge in [-0.25, -0.2) is 8.78 Å². The Bertz CT molecular complexity index is 366. The van der Waals surface area contributed by atoms with Crippen molar-refractivity contribution in [2.45, 2.75) is 6.42 Å². The zero-order valence-corrected chi connectivity index (χ0v) is 8.07. The number of rotatable bonds is 2. The first-order chi connectivity index (χ1) is 6.56. The van der Waals surface area contributed by atoms with Crippen molar-refractivity contribution in [3.05, 3.63) is 34.4 Å². The highest BCUT2D eigenvalue weighted by Crippen LogP contribution is 2.23. The van der Waals surface area contributed by atoms with Crippen LogP contribution in [0.3, 0.4) is 0 Å². The van der Waals surface area contributed by atoms with Gasteiger partial charge < -0.3 is 4.74 Å². The number of halogens is 3. The molecule has 14 heavy (non-hydrogen) atoms. The Morgan fingerprint density at radius 2 is 2.00 bits per heavy atom. The highest BCUT2D eigenvalue weighted by Gasteiger charge is 2.15. The topological polar surface area (TPSA) is 26.3 Å². The Morgan fingerprint density at radius 3 is 2.57 bits per heavy atom. The molecule has 0 radical (unpaired) electrons. The van der Waals surface area contributed by atoms with Crippen molar-refractivity contribution in [3.63, 3.8) is 0 Å². The van der Waals surface area contributed by atoms with Crippen LogP contribution >= 0.6 is 11.6 Å². The van der Waals surface area contributed by atoms with Crippen LogP contribution in [0.1, 0.15) is 5.56 Å². The largest absolute Gasteiger partial charge is 0.469 e. The summed E-state index contributed by atoms with van der Waals surface area (Å²) >= 11 is 5.48. The van der Waals surface area contributed by atoms with Gasteiger partial charge in [0.15, 0.2) is 0 Å². The first kappa shape index (κ1) is 10.9. The maximum absolute atomic E-state index is 13.1. The fraction of sp³-hybridized carbons (Fsp3) is 0.222. The molecular formula is C9H7ClF2O2. The molecule has 0 bridgehead atoms. The summed E-state index contributed by atoms with van der Waals surface area (Å²) in [6, 6.07) is 1.82. The summed E-state index contributed by atoms with van der Waals surface area (Å²) in [5.41, 5.74) is -0.182. The maximum Gasteiger partial charge on any atom is 0.310 e. The summed E-state index contributed by atoms with van der Waals surface area (Å²) < 4.78 is 30.2. The molecule has 0 heterocycles. The lowest BCUT2D eigenvalue weighted by atomic mass is 10.1. The number of esters is 1. The smallest absolute Gasteiger partial charge is 0.310 e. The Morgan fingerprint density at radius 1 is 1.43 bits per heavy atom. The van der Waals surface area contributed by atoms with Crippen molar-refractivity contribution in [1.82, 2.24) is 0 Å². The molecule has 1 aromatic carbocycles. The van der Waals surface area contributed by atoms with Crippen molar-refractivity contribution in [2.24, 2.45) is 0 Å². The molecule has 5 heteroatoms. The van der Waals surface area contributed by atoms with Crippen LogP contribution in [0.25, 0.3) is 0 Å². The zero-order chi connectivity index (χ0) is 10.7. The Labute approximate surface area is 84.4 Å². The van der Waals surface area contributed by atoms with Crippen molar-refractivity contribution in [1.29, 1.82) is 0 Å². The fourth-order valence-electron chi connectivity index (χ4n) is 0.948. The molecule has 0 saturated carbocycles. The predicted molar refractivity (Wildman–Crippen MR) is 47.1 cm³/mol. The Hall–Kier alpha value is -1.16. The van der Waals surface area contributed by atoms with Gasteiger partial charge in [-0.15, -0.1) is 0 Å². The van der Waals surface area contributed by atoms with Gasteiger partial charge in [0.2, 0.25) is 0 Å². The van der Waals surface area contributed by atoms with Gasteiger partial charge in [-0.1, -0.05) is 11.6 Å². The minimum Gasteiger partial charge on any atom is -0.469 e. The molecule has 0 N–H and O–H groups in total. The molecule has 0 aliphatic carbocycles. The monoisotopic (exact) mass is 220 g/mol. The Balaban J connectivity index is 3.06. The van der Waals surface area contributed by atoms with Gasteiger partial charge in [-0.05, 0) is 12.1 Å². The van der Waals surface area contributed by atoms with Gasteiger partial charge in [0.25, 0.3) is 0 Å². The second-order valence-corrected chi connectivity index (χ2v) is 2.95. The first-order valence-corrected chi connectivity index (χ1v) is 4.13. The van der Waals surface area contributed by atoms with Gasteiger partial charge in [0.1, 0.15) is 11.6 Å². The van der Waals surface area contributed by atoms with Crippen LogP contribution < -0.4 is 0 Å². The minimum absolute atomic E-state index is 0.182. The summed E-state index contributed by atoms with van der Waals surface area (Å²) in [5, 5.41) is -0.379. The summed E-state index contributed by atoms with van der Waals surface area (Å²) in [6.07, 6.45) is -0.376. The Kier molecular flexibility index (Phi) is 3.41. The lowest BCUT2D eigenvalue weighted by molar-refractivity contribution is -0.139. The van der Waals surface area contributed by atoms with E-state index in [1.54, 1.807) is 0 Å². The van der Waals surface area contributed by atoms with E-state index in [4.69, 9.17) is 11.6 Å². The van der Waals surface area contributed by atoms with Crippen molar-refractivity contribution in [2.75, 3.05) is 7.11 Å². The number of carbonyl (C=O) groups excluding carboxylic acids is 1. The second kappa shape index (κ2) is 4.37. The van der Waals surface area contributed by atoms with E-state index in [2.05, 4.69) is 4.74 Å². The average Bonchev–Trinajstić information content (AvgIpc) is 2.18. The van der Waals surface area contributed by atoms with Crippen LogP contribution in [0.5, 0.6) is 0 Å². The molecule has 0 spiro atoms. The summed E-state index contributed by atoms with van der Waals surface area (Å²) in [6.45, 7) is 0. The molecule has 1 rings (SSSR count). The summed E-state index contributed by atoms with van der Waals surface area (Å²) in [7, 11) is 1.16. The molecule has 76 valence electrons. The summed E-state index contributed by atoms with van der Waals surface area (Å²) in [5.74, 6) is -2.15. The van der Waals surface area contributed by atoms with E-state index in [1.807, 2.05) is 0 Å². The molecule has 1 aromatic rings. The van der Waals surface area contributed by atoms with Gasteiger partial charge in [0.05, 0.1) is 18.6 Å². The van der Waals surface area contributed by atoms with E-state index in [0.29, 0.717) is 0 Å². The van der Waals surface area contributed by atoms with E-state index < -0.39 is 17.6 Å². The molecule has 0 aromatic heterocycles. The minimum atomic E-state index is -0.757. The number of ether oxygens (including phenoxy) is 1. The fourth-order valence-corrected chi connectivity index (χ4v) is 1.17. The number of hydrogen-bond donors (Lipinski definition) is 0. The second-order valence-electron chi connectivity index (χ2n) is 2.57. The van der Waals surface area contributed by atoms with E-state index in [-0.39, 0.29) is 17.0 Å². The number of hydrogen-bond acceptors (Lipinski definition) is 2. The molecule has 0 aliphatic heterocycles. The van der Waals surface area contributed by atoms with Gasteiger partial charge in [0, 0.05) is 5.56 Å². The highest BCUT2D eigenvalue weighted by molar-refractivity contribution is 6.31. The maximum atomic E-state index is 13.1. The van der Waals surface area contributed by atoms with Crippen LogP contribution in [0.15, 0.2) is 12.1 Å². The van der Waals surface area contributed by atoms with Gasteiger partial charge >= 0.3 is 5.97 Å². The van der Waals surface area contributed by atoms with Crippen LogP contribution in [0, 0.1) is 11.6 Å². The van der Waals surface area contributed by atoms with Crippen molar-refractivity contribution in [3.8, 4) is 0 Å². The number of methoxy groups -OCH3 is 1. The summed E-state index contributed by atoms with van der Waals surface area (Å²) in [4.78, 5) is 10.8. The first-order valence-electron chi connectivity index (χ1n) is 3.75. The molecular weight excluding hydrogens is 214 g/mol. The third kappa shape index (κ3) is 2.20. The van der Waals surface area contributed by atoms with Gasteiger partial charge in [-0.3, -0.25) is 4.79 Å². The van der Waals surface area contributed by atoms with E-state index in [1.165, 1.54) is 0 Å². The van der Waals surface area contributed by atoms with E-state index >= 15 is 0 Å². The molecule has 0 atom stereocenters. The van der Waals surface area contributed by atoms with Crippen molar-refractivity contribution >= 4 is 17.6 Å². The van der Waals surface area contributed by atoms with Crippen LogP contribution in [-0.2, 0) is 16.0 Å². The van der Waals surface area contributed by atoms with E-state index in [9.17, 15) is 13.6 Å². The van der Waals surface area contributed by atoms with Gasteiger partial charge in [-0.2, -0.15) is 0 Å². The third-order valence-corrected chi connectivity index (χ3v) is 2.10. The number of benzene rings is 1. The standard InChI is InChI=1S/C9H7ClF2O2/c1-14-8(13)4-5-6(11)2-3-7(12)9(5)10/h2-3H,4H2,1H3. The quantitative estimate of drug-likeness (QED) is 0.565. The lowest BCUT2D eigenvalue weighted by Gasteiger charge is -2.04. The molecule has 0 fully saturated rings. The van der Waals surface area contributed by atoms with Crippen LogP contribution in [0.2, 0.25) is 5.02 Å². The van der Waals surface area contributed by atoms with Crippen LogP contribution in [0.4, 0.5) is 8.78 Å². The highest BCUT2D eigenvalue weighted by atomic mass is 35.5. The third-order valence-electron chi connectivity index (χ3n) is 1.69. The average molecular weight is 221 g/mol. The SMILES string of the molecule is COC(=O)Cc1c(F)ccc(F)c1Cl. The molecule has 0 saturated heterocycles. The zero-order valence-electron chi connectivity index (χ0n) is 7.31. The molecule has 0 aliphatic rings. The predicted octanol–water partition coefficient (Wildman–Crippen LogP) is 2.33. The van der Waals surface area contributed by atoms with E-state index in [0.717, 1.165) is 19.2 Å². The molecule has 0 unspecified atom stereocenters. The normalized spacial score (nSPS) is 10.0. The lowest BCUT2D eigenvalue weighted by Crippen LogP contribution is -2.07. The number of carbonyl (C=O) groups is 1. The molecule has 0 amide bonds. The molecule has 2 nitrogen and oxygen atoms in total. The van der Waals surface area contributed by atoms with Crippen molar-refractivity contribution < 1.29 is 18.3 Å². The van der Waals surface area contributed by atoms with Crippen LogP contribution in [-0.4, -0.2) is 13.1 Å².